The summed E-state index contributed by atoms with van der Waals surface area (Å²) in [6.45, 7) is 11.1. The predicted octanol–water partition coefficient (Wildman–Crippen LogP) is 7.50. The molecule has 188 valence electrons. The normalized spacial score (nSPS) is 16.6. The summed E-state index contributed by atoms with van der Waals surface area (Å²) >= 11 is 0. The molecule has 1 aliphatic carbocycles. The Morgan fingerprint density at radius 1 is 0.971 bits per heavy atom. The maximum atomic E-state index is 10.8. The van der Waals surface area contributed by atoms with Gasteiger partial charge in [-0.05, 0) is 99.1 Å². The molecule has 1 atom stereocenters. The second-order valence-electron chi connectivity index (χ2n) is 10.6. The minimum atomic E-state index is -0.442. The van der Waals surface area contributed by atoms with Gasteiger partial charge in [0.05, 0.1) is 5.60 Å². The Morgan fingerprint density at radius 3 is 2.15 bits per heavy atom. The Labute approximate surface area is 208 Å². The van der Waals surface area contributed by atoms with E-state index in [4.69, 9.17) is 10.5 Å². The number of aliphatic hydroxyl groups is 1. The second-order valence-corrected chi connectivity index (χ2v) is 10.6. The third-order valence-electron chi connectivity index (χ3n) is 8.34. The van der Waals surface area contributed by atoms with Crippen molar-refractivity contribution >= 4 is 0 Å². The molecule has 0 aromatic heterocycles. The molecule has 1 aliphatic rings. The van der Waals surface area contributed by atoms with Gasteiger partial charge in [0.2, 0.25) is 0 Å². The van der Waals surface area contributed by atoms with Crippen LogP contribution < -0.4 is 10.5 Å². The van der Waals surface area contributed by atoms with Crippen molar-refractivity contribution in [2.75, 3.05) is 0 Å². The van der Waals surface area contributed by atoms with Crippen LogP contribution in [0.25, 0.3) is 0 Å². The van der Waals surface area contributed by atoms with Gasteiger partial charge in [-0.1, -0.05) is 70.4 Å². The highest BCUT2D eigenvalue weighted by molar-refractivity contribution is 5.47. The fourth-order valence-corrected chi connectivity index (χ4v) is 5.86. The Morgan fingerprint density at radius 2 is 1.59 bits per heavy atom. The Hall–Kier alpha value is -1.84. The van der Waals surface area contributed by atoms with Gasteiger partial charge in [0, 0.05) is 5.41 Å². The highest BCUT2D eigenvalue weighted by atomic mass is 16.5. The molecule has 0 heterocycles. The molecule has 2 aromatic rings. The molecule has 3 nitrogen and oxygen atoms in total. The first-order chi connectivity index (χ1) is 16.3. The van der Waals surface area contributed by atoms with Crippen molar-refractivity contribution < 1.29 is 9.84 Å². The van der Waals surface area contributed by atoms with Gasteiger partial charge in [0.1, 0.15) is 12.0 Å². The summed E-state index contributed by atoms with van der Waals surface area (Å²) in [4.78, 5) is 0. The number of ether oxygens (including phenoxy) is 1. The molecule has 3 N–H and O–H groups in total. The van der Waals surface area contributed by atoms with Gasteiger partial charge in [-0.2, -0.15) is 0 Å². The fraction of sp³-hybridized carbons (Fsp3) is 0.613. The van der Waals surface area contributed by atoms with Crippen molar-refractivity contribution in [2.24, 2.45) is 5.73 Å². The summed E-state index contributed by atoms with van der Waals surface area (Å²) in [5.74, 6) is 0.893. The van der Waals surface area contributed by atoms with Gasteiger partial charge in [0.15, 0.2) is 0 Å². The first-order valence-electron chi connectivity index (χ1n) is 13.6. The van der Waals surface area contributed by atoms with E-state index in [0.29, 0.717) is 0 Å². The highest BCUT2D eigenvalue weighted by Gasteiger charge is 2.33. The first kappa shape index (κ1) is 26.8. The molecule has 0 saturated heterocycles. The van der Waals surface area contributed by atoms with Crippen LogP contribution in [0.3, 0.4) is 0 Å². The molecule has 0 aliphatic heterocycles. The average molecular weight is 466 g/mol. The lowest BCUT2D eigenvalue weighted by Crippen LogP contribution is -2.28. The van der Waals surface area contributed by atoms with Crippen LogP contribution in [0.5, 0.6) is 5.75 Å². The third kappa shape index (κ3) is 6.04. The molecular formula is C31H47NO2. The van der Waals surface area contributed by atoms with Crippen LogP contribution in [0, 0.1) is 13.8 Å². The van der Waals surface area contributed by atoms with Crippen molar-refractivity contribution in [3.8, 4) is 5.75 Å². The minimum absolute atomic E-state index is 0.0272. The van der Waals surface area contributed by atoms with Crippen molar-refractivity contribution in [1.29, 1.82) is 0 Å². The number of benzene rings is 2. The van der Waals surface area contributed by atoms with Crippen LogP contribution in [0.15, 0.2) is 36.4 Å². The van der Waals surface area contributed by atoms with E-state index in [9.17, 15) is 5.11 Å². The fourth-order valence-electron chi connectivity index (χ4n) is 5.86. The van der Waals surface area contributed by atoms with Gasteiger partial charge in [-0.3, -0.25) is 5.73 Å². The van der Waals surface area contributed by atoms with Crippen LogP contribution in [0.1, 0.15) is 113 Å². The number of nitrogens with two attached hydrogens (primary N) is 1. The van der Waals surface area contributed by atoms with Crippen molar-refractivity contribution in [3.63, 3.8) is 0 Å². The lowest BCUT2D eigenvalue weighted by molar-refractivity contribution is 0.0391. The Kier molecular flexibility index (Phi) is 9.23. The molecule has 0 bridgehead atoms. The largest absolute Gasteiger partial charge is 0.475 e. The van der Waals surface area contributed by atoms with E-state index < -0.39 is 5.60 Å². The maximum absolute atomic E-state index is 10.8. The van der Waals surface area contributed by atoms with Crippen LogP contribution in [0.4, 0.5) is 0 Å². The zero-order valence-corrected chi connectivity index (χ0v) is 22.3. The van der Waals surface area contributed by atoms with Crippen molar-refractivity contribution in [2.45, 2.75) is 122 Å². The van der Waals surface area contributed by atoms with Crippen LogP contribution in [0.2, 0.25) is 0 Å². The molecule has 0 radical (unpaired) electrons. The number of aryl methyl sites for hydroxylation is 3. The van der Waals surface area contributed by atoms with E-state index in [1.165, 1.54) is 22.3 Å². The lowest BCUT2D eigenvalue weighted by atomic mass is 9.69. The molecule has 0 amide bonds. The monoisotopic (exact) mass is 465 g/mol. The van der Waals surface area contributed by atoms with E-state index in [1.54, 1.807) is 0 Å². The predicted molar refractivity (Wildman–Crippen MR) is 144 cm³/mol. The zero-order valence-electron chi connectivity index (χ0n) is 22.3. The van der Waals surface area contributed by atoms with E-state index in [1.807, 2.05) is 0 Å². The molecule has 34 heavy (non-hydrogen) atoms. The molecule has 3 rings (SSSR count). The summed E-state index contributed by atoms with van der Waals surface area (Å²) in [5, 5.41) is 10.8. The summed E-state index contributed by atoms with van der Waals surface area (Å²) in [6.07, 6.45) is 11.0. The Bertz CT molecular complexity index is 925. The molecule has 1 saturated carbocycles. The molecule has 2 aromatic carbocycles. The van der Waals surface area contributed by atoms with Crippen LogP contribution in [-0.4, -0.2) is 16.9 Å². The van der Waals surface area contributed by atoms with E-state index >= 15 is 0 Å². The maximum Gasteiger partial charge on any atom is 0.147 e. The second kappa shape index (κ2) is 11.7. The SMILES string of the molecule is CCCCC(N)Oc1ccc(C(CC)(CC)c2ccc(CCC3(O)CCCC3)c(C)c2)cc1C. The van der Waals surface area contributed by atoms with Crippen LogP contribution >= 0.6 is 0 Å². The topological polar surface area (TPSA) is 55.5 Å². The highest BCUT2D eigenvalue weighted by Crippen LogP contribution is 2.41. The van der Waals surface area contributed by atoms with Crippen molar-refractivity contribution in [3.05, 3.63) is 64.2 Å². The molecule has 0 spiro atoms. The van der Waals surface area contributed by atoms with Crippen molar-refractivity contribution in [1.82, 2.24) is 0 Å². The van der Waals surface area contributed by atoms with Crippen LogP contribution in [-0.2, 0) is 11.8 Å². The van der Waals surface area contributed by atoms with Gasteiger partial charge in [-0.15, -0.1) is 0 Å². The molecule has 3 heteroatoms. The minimum Gasteiger partial charge on any atom is -0.475 e. The van der Waals surface area contributed by atoms with Gasteiger partial charge >= 0.3 is 0 Å². The molecular weight excluding hydrogens is 418 g/mol. The quantitative estimate of drug-likeness (QED) is 0.319. The number of rotatable bonds is 12. The van der Waals surface area contributed by atoms with Gasteiger partial charge in [-0.25, -0.2) is 0 Å². The lowest BCUT2D eigenvalue weighted by Gasteiger charge is -2.34. The standard InChI is InChI=1S/C31H47NO2/c1-6-9-12-29(32)34-28-16-15-27(22-24(28)5)31(7-2,8-3)26-14-13-25(23(4)21-26)17-20-30(33)18-10-11-19-30/h13-16,21-22,29,33H,6-12,17-20,32H2,1-5H3. The summed E-state index contributed by atoms with van der Waals surface area (Å²) in [5.41, 5.74) is 12.3. The Balaban J connectivity index is 1.82. The number of unbranched alkanes of at least 4 members (excludes halogenated alkanes) is 1. The summed E-state index contributed by atoms with van der Waals surface area (Å²) < 4.78 is 6.06. The molecule has 1 fully saturated rings. The number of hydrogen-bond donors (Lipinski definition) is 2. The summed E-state index contributed by atoms with van der Waals surface area (Å²) in [7, 11) is 0. The van der Waals surface area contributed by atoms with E-state index in [-0.39, 0.29) is 11.6 Å². The molecule has 1 unspecified atom stereocenters. The third-order valence-corrected chi connectivity index (χ3v) is 8.34. The van der Waals surface area contributed by atoms with Gasteiger partial charge < -0.3 is 9.84 Å². The number of hydrogen-bond acceptors (Lipinski definition) is 3. The van der Waals surface area contributed by atoms with E-state index in [2.05, 4.69) is 71.0 Å². The smallest absolute Gasteiger partial charge is 0.147 e. The van der Waals surface area contributed by atoms with E-state index in [0.717, 1.165) is 81.9 Å². The first-order valence-corrected chi connectivity index (χ1v) is 13.6. The summed E-state index contributed by atoms with van der Waals surface area (Å²) in [6, 6.07) is 13.7. The zero-order chi connectivity index (χ0) is 24.8. The average Bonchev–Trinajstić information content (AvgIpc) is 3.26. The van der Waals surface area contributed by atoms with Gasteiger partial charge in [0.25, 0.3) is 0 Å².